The van der Waals surface area contributed by atoms with Crippen LogP contribution in [0.5, 0.6) is 0 Å². The van der Waals surface area contributed by atoms with Crippen molar-refractivity contribution < 1.29 is 5.11 Å². The van der Waals surface area contributed by atoms with Crippen LogP contribution in [-0.4, -0.2) is 9.67 Å². The maximum Gasteiger partial charge on any atom is 0.0986 e. The van der Waals surface area contributed by atoms with E-state index in [4.69, 9.17) is 0 Å². The molecule has 0 fully saturated rings. The molecule has 2 nitrogen and oxygen atoms in total. The second kappa shape index (κ2) is 4.67. The number of aliphatic hydroxyl groups excluding tert-OH is 1. The summed E-state index contributed by atoms with van der Waals surface area (Å²) in [6, 6.07) is 2.05. The minimum atomic E-state index is -0.544. The highest BCUT2D eigenvalue weighted by atomic mass is 16.3. The van der Waals surface area contributed by atoms with Gasteiger partial charge < -0.3 is 9.67 Å². The lowest BCUT2D eigenvalue weighted by atomic mass is 10.1. The van der Waals surface area contributed by atoms with E-state index in [1.54, 1.807) is 6.08 Å². The van der Waals surface area contributed by atoms with Gasteiger partial charge in [-0.15, -0.1) is 6.58 Å². The Morgan fingerprint density at radius 2 is 2.07 bits per heavy atom. The van der Waals surface area contributed by atoms with Gasteiger partial charge in [0.25, 0.3) is 0 Å². The van der Waals surface area contributed by atoms with Crippen LogP contribution in [0.3, 0.4) is 0 Å². The van der Waals surface area contributed by atoms with Crippen molar-refractivity contribution in [2.24, 2.45) is 5.92 Å². The summed E-state index contributed by atoms with van der Waals surface area (Å²) < 4.78 is 2.26. The Kier molecular flexibility index (Phi) is 3.75. The van der Waals surface area contributed by atoms with Crippen LogP contribution in [0.4, 0.5) is 0 Å². The van der Waals surface area contributed by atoms with Crippen LogP contribution < -0.4 is 0 Å². The predicted octanol–water partition coefficient (Wildman–Crippen LogP) is 2.98. The second-order valence-corrected chi connectivity index (χ2v) is 4.51. The SMILES string of the molecule is C=CC(O)c1cc(C)n(CC(C)C)c1C. The first kappa shape index (κ1) is 12.1. The van der Waals surface area contributed by atoms with Crippen LogP contribution in [-0.2, 0) is 6.54 Å². The zero-order chi connectivity index (χ0) is 11.6. The molecule has 0 aliphatic heterocycles. The number of hydrogen-bond acceptors (Lipinski definition) is 1. The van der Waals surface area contributed by atoms with Gasteiger partial charge in [-0.3, -0.25) is 0 Å². The molecule has 2 heteroatoms. The summed E-state index contributed by atoms with van der Waals surface area (Å²) in [5.74, 6) is 0.614. The molecule has 15 heavy (non-hydrogen) atoms. The van der Waals surface area contributed by atoms with Gasteiger partial charge in [-0.1, -0.05) is 19.9 Å². The van der Waals surface area contributed by atoms with Gasteiger partial charge in [0.05, 0.1) is 6.10 Å². The van der Waals surface area contributed by atoms with Gasteiger partial charge in [0.2, 0.25) is 0 Å². The minimum absolute atomic E-state index is 0.544. The third kappa shape index (κ3) is 2.51. The van der Waals surface area contributed by atoms with Crippen molar-refractivity contribution in [1.82, 2.24) is 4.57 Å². The molecule has 1 aromatic rings. The van der Waals surface area contributed by atoms with Crippen LogP contribution in [0.15, 0.2) is 18.7 Å². The van der Waals surface area contributed by atoms with Gasteiger partial charge in [-0.2, -0.15) is 0 Å². The Morgan fingerprint density at radius 3 is 2.53 bits per heavy atom. The van der Waals surface area contributed by atoms with Crippen molar-refractivity contribution in [2.45, 2.75) is 40.3 Å². The van der Waals surface area contributed by atoms with Gasteiger partial charge in [0.15, 0.2) is 0 Å². The smallest absolute Gasteiger partial charge is 0.0986 e. The first-order valence-electron chi connectivity index (χ1n) is 5.44. The first-order chi connectivity index (χ1) is 6.97. The van der Waals surface area contributed by atoms with Crippen LogP contribution in [0.2, 0.25) is 0 Å². The molecule has 1 aromatic heterocycles. The number of aromatic nitrogens is 1. The Balaban J connectivity index is 3.08. The molecule has 0 spiro atoms. The average Bonchev–Trinajstić information content (AvgIpc) is 2.44. The molecule has 0 aliphatic rings. The number of hydrogen-bond donors (Lipinski definition) is 1. The maximum absolute atomic E-state index is 9.75. The van der Waals surface area contributed by atoms with Gasteiger partial charge >= 0.3 is 0 Å². The first-order valence-corrected chi connectivity index (χ1v) is 5.44. The Labute approximate surface area is 92.2 Å². The van der Waals surface area contributed by atoms with Crippen LogP contribution in [0, 0.1) is 19.8 Å². The van der Waals surface area contributed by atoms with Crippen LogP contribution in [0.25, 0.3) is 0 Å². The highest BCUT2D eigenvalue weighted by molar-refractivity contribution is 5.30. The van der Waals surface area contributed by atoms with E-state index in [9.17, 15) is 5.11 Å². The van der Waals surface area contributed by atoms with Gasteiger partial charge in [0.1, 0.15) is 0 Å². The second-order valence-electron chi connectivity index (χ2n) is 4.51. The number of nitrogens with zero attached hydrogens (tertiary/aromatic N) is 1. The number of rotatable bonds is 4. The summed E-state index contributed by atoms with van der Waals surface area (Å²) in [5, 5.41) is 9.75. The highest BCUT2D eigenvalue weighted by Gasteiger charge is 2.14. The van der Waals surface area contributed by atoms with Gasteiger partial charge in [-0.25, -0.2) is 0 Å². The van der Waals surface area contributed by atoms with Crippen molar-refractivity contribution in [3.8, 4) is 0 Å². The van der Waals surface area contributed by atoms with Crippen molar-refractivity contribution in [2.75, 3.05) is 0 Å². The lowest BCUT2D eigenvalue weighted by Gasteiger charge is -2.13. The molecule has 84 valence electrons. The van der Waals surface area contributed by atoms with E-state index in [2.05, 4.69) is 38.8 Å². The zero-order valence-corrected chi connectivity index (χ0v) is 10.1. The van der Waals surface area contributed by atoms with E-state index >= 15 is 0 Å². The highest BCUT2D eigenvalue weighted by Crippen LogP contribution is 2.23. The van der Waals surface area contributed by atoms with E-state index in [-0.39, 0.29) is 0 Å². The normalized spacial score (nSPS) is 13.2. The summed E-state index contributed by atoms with van der Waals surface area (Å²) in [6.45, 7) is 13.1. The lowest BCUT2D eigenvalue weighted by Crippen LogP contribution is -2.08. The molecular weight excluding hydrogens is 186 g/mol. The lowest BCUT2D eigenvalue weighted by molar-refractivity contribution is 0.228. The fourth-order valence-corrected chi connectivity index (χ4v) is 1.90. The summed E-state index contributed by atoms with van der Waals surface area (Å²) >= 11 is 0. The van der Waals surface area contributed by atoms with Gasteiger partial charge in [0, 0.05) is 23.5 Å². The standard InChI is InChI=1S/C13H21NO/c1-6-13(15)12-7-10(4)14(11(12)5)8-9(2)3/h6-7,9,13,15H,1,8H2,2-5H3. The van der Waals surface area contributed by atoms with E-state index in [0.717, 1.165) is 17.8 Å². The summed E-state index contributed by atoms with van der Waals surface area (Å²) in [6.07, 6.45) is 1.03. The minimum Gasteiger partial charge on any atom is -0.384 e. The quantitative estimate of drug-likeness (QED) is 0.754. The molecule has 0 bridgehead atoms. The molecule has 1 unspecified atom stereocenters. The summed E-state index contributed by atoms with van der Waals surface area (Å²) in [4.78, 5) is 0. The van der Waals surface area contributed by atoms with E-state index in [0.29, 0.717) is 5.92 Å². The Bertz CT molecular complexity index is 350. The predicted molar refractivity (Wildman–Crippen MR) is 63.9 cm³/mol. The Hall–Kier alpha value is -1.02. The van der Waals surface area contributed by atoms with Crippen molar-refractivity contribution in [1.29, 1.82) is 0 Å². The fraction of sp³-hybridized carbons (Fsp3) is 0.538. The van der Waals surface area contributed by atoms with Crippen molar-refractivity contribution in [3.05, 3.63) is 35.7 Å². The third-order valence-electron chi connectivity index (χ3n) is 2.70. The van der Waals surface area contributed by atoms with Crippen LogP contribution >= 0.6 is 0 Å². The number of aliphatic hydroxyl groups is 1. The molecule has 1 heterocycles. The average molecular weight is 207 g/mol. The van der Waals surface area contributed by atoms with E-state index in [1.165, 1.54) is 5.69 Å². The molecule has 0 aliphatic carbocycles. The van der Waals surface area contributed by atoms with E-state index in [1.807, 2.05) is 6.07 Å². The molecule has 0 saturated carbocycles. The van der Waals surface area contributed by atoms with Crippen LogP contribution in [0.1, 0.15) is 36.9 Å². The van der Waals surface area contributed by atoms with Gasteiger partial charge in [-0.05, 0) is 25.8 Å². The maximum atomic E-state index is 9.75. The topological polar surface area (TPSA) is 25.2 Å². The fourth-order valence-electron chi connectivity index (χ4n) is 1.90. The van der Waals surface area contributed by atoms with E-state index < -0.39 is 6.10 Å². The molecule has 0 aromatic carbocycles. The number of aryl methyl sites for hydroxylation is 1. The Morgan fingerprint density at radius 1 is 1.47 bits per heavy atom. The monoisotopic (exact) mass is 207 g/mol. The molecular formula is C13H21NO. The van der Waals surface area contributed by atoms with Crippen molar-refractivity contribution >= 4 is 0 Å². The molecule has 1 N–H and O–H groups in total. The zero-order valence-electron chi connectivity index (χ0n) is 10.1. The summed E-state index contributed by atoms with van der Waals surface area (Å²) in [5.41, 5.74) is 3.33. The largest absolute Gasteiger partial charge is 0.384 e. The third-order valence-corrected chi connectivity index (χ3v) is 2.70. The molecule has 0 saturated heterocycles. The summed E-state index contributed by atoms with van der Waals surface area (Å²) in [7, 11) is 0. The molecule has 0 amide bonds. The van der Waals surface area contributed by atoms with Crippen molar-refractivity contribution in [3.63, 3.8) is 0 Å². The molecule has 0 radical (unpaired) electrons. The molecule has 1 atom stereocenters. The molecule has 1 rings (SSSR count).